The summed E-state index contributed by atoms with van der Waals surface area (Å²) in [5.41, 5.74) is 17.2. The lowest BCUT2D eigenvalue weighted by Crippen LogP contribution is -2.60. The molecule has 2 aliphatic rings. The van der Waals surface area contributed by atoms with E-state index in [9.17, 15) is 10.5 Å². The lowest BCUT2D eigenvalue weighted by atomic mass is 9.77. The van der Waals surface area contributed by atoms with Gasteiger partial charge in [-0.2, -0.15) is 19.7 Å². The number of anilines is 1. The number of hydrogen-bond donors (Lipinski definition) is 1. The zero-order valence-corrected chi connectivity index (χ0v) is 20.6. The Morgan fingerprint density at radius 2 is 1.61 bits per heavy atom. The van der Waals surface area contributed by atoms with Gasteiger partial charge in [0.2, 0.25) is 11.4 Å². The van der Waals surface area contributed by atoms with Crippen molar-refractivity contribution in [2.24, 2.45) is 0 Å². The predicted molar refractivity (Wildman–Crippen MR) is 142 cm³/mol. The molecule has 2 N–H and O–H groups in total. The smallest absolute Gasteiger partial charge is 0.252 e. The lowest BCUT2D eigenvalue weighted by Gasteiger charge is -2.33. The van der Waals surface area contributed by atoms with Gasteiger partial charge in [0, 0.05) is 41.7 Å². The minimum absolute atomic E-state index is 0.114. The number of fused-ring (bicyclic) bond motifs is 11. The number of aromatic nitrogens is 3. The van der Waals surface area contributed by atoms with E-state index >= 15 is 0 Å². The molecular formula is C32H22N6+2. The molecule has 0 saturated heterocycles. The molecule has 38 heavy (non-hydrogen) atoms. The summed E-state index contributed by atoms with van der Waals surface area (Å²) in [4.78, 5) is 4.20. The Labute approximate surface area is 220 Å². The molecular weight excluding hydrogens is 468 g/mol. The first kappa shape index (κ1) is 21.9. The summed E-state index contributed by atoms with van der Waals surface area (Å²) in [6, 6.07) is 26.8. The van der Waals surface area contributed by atoms with Gasteiger partial charge in [-0.15, -0.1) is 0 Å². The minimum Gasteiger partial charge on any atom is -0.397 e. The fourth-order valence-corrected chi connectivity index (χ4v) is 6.24. The van der Waals surface area contributed by atoms with Gasteiger partial charge in [-0.25, -0.2) is 0 Å². The molecule has 0 fully saturated rings. The van der Waals surface area contributed by atoms with E-state index in [0.717, 1.165) is 44.8 Å². The minimum atomic E-state index is -0.207. The average Bonchev–Trinajstić information content (AvgIpc) is 2.97. The Hall–Kier alpha value is -5.33. The summed E-state index contributed by atoms with van der Waals surface area (Å²) in [5.74, 6) is 0. The van der Waals surface area contributed by atoms with Gasteiger partial charge in [0.1, 0.15) is 12.1 Å². The van der Waals surface area contributed by atoms with E-state index in [1.807, 2.05) is 42.7 Å². The number of nitrogen functional groups attached to an aromatic ring is 1. The van der Waals surface area contributed by atoms with E-state index < -0.39 is 0 Å². The van der Waals surface area contributed by atoms with Crippen LogP contribution >= 0.6 is 0 Å². The highest BCUT2D eigenvalue weighted by molar-refractivity contribution is 5.81. The highest BCUT2D eigenvalue weighted by Gasteiger charge is 2.53. The lowest BCUT2D eigenvalue weighted by molar-refractivity contribution is -0.799. The fraction of sp³-hybridized carbons (Fsp3) is 0.0938. The van der Waals surface area contributed by atoms with Gasteiger partial charge in [0.15, 0.2) is 12.4 Å². The quantitative estimate of drug-likeness (QED) is 0.270. The number of pyridine rings is 3. The van der Waals surface area contributed by atoms with Crippen molar-refractivity contribution in [1.29, 1.82) is 10.5 Å². The molecule has 2 aromatic carbocycles. The fourth-order valence-electron chi connectivity index (χ4n) is 6.24. The highest BCUT2D eigenvalue weighted by atomic mass is 15.1. The van der Waals surface area contributed by atoms with E-state index in [1.165, 1.54) is 5.56 Å². The van der Waals surface area contributed by atoms with Gasteiger partial charge in [-0.1, -0.05) is 18.2 Å². The van der Waals surface area contributed by atoms with Crippen LogP contribution in [0.15, 0.2) is 91.5 Å². The monoisotopic (exact) mass is 490 g/mol. The molecule has 5 aromatic rings. The summed E-state index contributed by atoms with van der Waals surface area (Å²) < 4.78 is 4.58. The van der Waals surface area contributed by atoms with E-state index in [2.05, 4.69) is 82.0 Å². The SMILES string of the molecule is Cc1cc2[n+](cc1-c1ccncc1)C1c3ccccc3-c3cccc[n+]3C1c1c-2cc(C#N)c(C#N)c1N. The van der Waals surface area contributed by atoms with E-state index in [1.54, 1.807) is 0 Å². The van der Waals surface area contributed by atoms with Crippen LogP contribution < -0.4 is 14.9 Å². The molecule has 7 rings (SSSR count). The van der Waals surface area contributed by atoms with Gasteiger partial charge in [-0.3, -0.25) is 4.98 Å². The van der Waals surface area contributed by atoms with E-state index in [-0.39, 0.29) is 17.6 Å². The Bertz CT molecular complexity index is 1880. The van der Waals surface area contributed by atoms with Crippen molar-refractivity contribution < 1.29 is 9.13 Å². The van der Waals surface area contributed by atoms with Crippen molar-refractivity contribution in [3.63, 3.8) is 0 Å². The second-order valence-electron chi connectivity index (χ2n) is 9.77. The highest BCUT2D eigenvalue weighted by Crippen LogP contribution is 2.48. The van der Waals surface area contributed by atoms with Crippen LogP contribution in [0, 0.1) is 29.6 Å². The van der Waals surface area contributed by atoms with Crippen LogP contribution in [0.1, 0.15) is 39.9 Å². The molecule has 0 amide bonds. The maximum absolute atomic E-state index is 9.98. The van der Waals surface area contributed by atoms with Gasteiger partial charge in [-0.05, 0) is 48.4 Å². The van der Waals surface area contributed by atoms with Crippen LogP contribution in [0.2, 0.25) is 0 Å². The van der Waals surface area contributed by atoms with Crippen LogP contribution in [0.25, 0.3) is 33.6 Å². The zero-order valence-electron chi connectivity index (χ0n) is 20.6. The van der Waals surface area contributed by atoms with Crippen molar-refractivity contribution in [3.05, 3.63) is 119 Å². The van der Waals surface area contributed by atoms with Gasteiger partial charge < -0.3 is 5.73 Å². The molecule has 2 unspecified atom stereocenters. The van der Waals surface area contributed by atoms with E-state index in [0.29, 0.717) is 11.3 Å². The standard InChI is InChI=1S/C32H22N6/c1-19-14-28-24-15-21(16-33)25(17-34)30(35)29(24)32-31(38(28)18-26(19)20-9-11-36-12-10-20)23-7-3-2-6-22(23)27-8-4-5-13-37(27)32/h2-15,18,31-32H,35H2,1H3/q+2. The number of nitrogens with two attached hydrogens (primary N) is 1. The molecule has 0 saturated carbocycles. The molecule has 6 nitrogen and oxygen atoms in total. The van der Waals surface area contributed by atoms with Crippen LogP contribution in [0.5, 0.6) is 0 Å². The predicted octanol–water partition coefficient (Wildman–Crippen LogP) is 4.80. The molecule has 178 valence electrons. The molecule has 2 aliphatic heterocycles. The van der Waals surface area contributed by atoms with Gasteiger partial charge >= 0.3 is 0 Å². The van der Waals surface area contributed by atoms with Crippen LogP contribution in [-0.4, -0.2) is 4.98 Å². The second kappa shape index (κ2) is 8.09. The summed E-state index contributed by atoms with van der Waals surface area (Å²) in [6.07, 6.45) is 7.91. The summed E-state index contributed by atoms with van der Waals surface area (Å²) in [6.45, 7) is 2.10. The number of benzene rings is 2. The molecule has 0 bridgehead atoms. The number of hydrogen-bond acceptors (Lipinski definition) is 4. The Morgan fingerprint density at radius 3 is 2.39 bits per heavy atom. The molecule has 0 spiro atoms. The Balaban J connectivity index is 1.65. The normalized spacial score (nSPS) is 16.1. The topological polar surface area (TPSA) is 94.2 Å². The first-order chi connectivity index (χ1) is 18.6. The molecule has 2 atom stereocenters. The third kappa shape index (κ3) is 2.89. The Kier molecular flexibility index (Phi) is 4.67. The maximum atomic E-state index is 9.98. The number of rotatable bonds is 1. The van der Waals surface area contributed by atoms with Crippen LogP contribution in [-0.2, 0) is 0 Å². The Morgan fingerprint density at radius 1 is 0.816 bits per heavy atom. The molecule has 5 heterocycles. The molecule has 0 radical (unpaired) electrons. The molecule has 6 heteroatoms. The van der Waals surface area contributed by atoms with E-state index in [4.69, 9.17) is 5.73 Å². The van der Waals surface area contributed by atoms with Crippen LogP contribution in [0.4, 0.5) is 5.69 Å². The molecule has 3 aromatic heterocycles. The zero-order chi connectivity index (χ0) is 26.0. The van der Waals surface area contributed by atoms with Crippen molar-refractivity contribution in [2.45, 2.75) is 19.0 Å². The average molecular weight is 491 g/mol. The first-order valence-electron chi connectivity index (χ1n) is 12.4. The summed E-state index contributed by atoms with van der Waals surface area (Å²) in [7, 11) is 0. The van der Waals surface area contributed by atoms with Gasteiger partial charge in [0.25, 0.3) is 12.1 Å². The summed E-state index contributed by atoms with van der Waals surface area (Å²) in [5, 5.41) is 19.9. The van der Waals surface area contributed by atoms with Gasteiger partial charge in [0.05, 0.1) is 33.5 Å². The number of aryl methyl sites for hydroxylation is 1. The van der Waals surface area contributed by atoms with Crippen LogP contribution in [0.3, 0.4) is 0 Å². The number of nitrogens with zero attached hydrogens (tertiary/aromatic N) is 5. The van der Waals surface area contributed by atoms with Crippen molar-refractivity contribution >= 4 is 5.69 Å². The molecule has 0 aliphatic carbocycles. The van der Waals surface area contributed by atoms with Crippen molar-refractivity contribution in [3.8, 4) is 45.8 Å². The first-order valence-corrected chi connectivity index (χ1v) is 12.4. The largest absolute Gasteiger partial charge is 0.397 e. The second-order valence-corrected chi connectivity index (χ2v) is 9.77. The maximum Gasteiger partial charge on any atom is 0.252 e. The third-order valence-electron chi connectivity index (χ3n) is 7.87. The van der Waals surface area contributed by atoms with Crippen molar-refractivity contribution in [1.82, 2.24) is 4.98 Å². The summed E-state index contributed by atoms with van der Waals surface area (Å²) >= 11 is 0. The number of nitriles is 2. The van der Waals surface area contributed by atoms with Crippen molar-refractivity contribution in [2.75, 3.05) is 5.73 Å². The third-order valence-corrected chi connectivity index (χ3v) is 7.87.